The number of nitrogens with two attached hydrogens (primary N) is 1. The second-order valence-electron chi connectivity index (χ2n) is 6.47. The Labute approximate surface area is 191 Å². The molecule has 3 rings (SSSR count). The lowest BCUT2D eigenvalue weighted by molar-refractivity contribution is -0.113. The Hall–Kier alpha value is -2.70. The van der Waals surface area contributed by atoms with E-state index in [1.807, 2.05) is 17.0 Å². The summed E-state index contributed by atoms with van der Waals surface area (Å²) in [6, 6.07) is 2.08. The van der Waals surface area contributed by atoms with Crippen LogP contribution in [0.15, 0.2) is 16.6 Å². The SMILES string of the molecule is CCc1cc(-c2nnc(SCC(=O)Nc3sc(C(N)=O)c(C)c3C(=O)OC)n2C)cs1. The molecule has 0 fully saturated rings. The van der Waals surface area contributed by atoms with Crippen LogP contribution in [0.2, 0.25) is 0 Å². The number of methoxy groups -OCH3 is 1. The smallest absolute Gasteiger partial charge is 0.341 e. The van der Waals surface area contributed by atoms with E-state index >= 15 is 0 Å². The molecule has 0 saturated carbocycles. The number of hydrogen-bond acceptors (Lipinski definition) is 9. The number of anilines is 1. The van der Waals surface area contributed by atoms with Crippen LogP contribution in [0, 0.1) is 6.92 Å². The van der Waals surface area contributed by atoms with E-state index < -0.39 is 11.9 Å². The first-order valence-electron chi connectivity index (χ1n) is 9.18. The van der Waals surface area contributed by atoms with Crippen molar-refractivity contribution in [2.24, 2.45) is 12.8 Å². The van der Waals surface area contributed by atoms with Gasteiger partial charge in [0, 0.05) is 22.9 Å². The van der Waals surface area contributed by atoms with Crippen molar-refractivity contribution in [2.75, 3.05) is 18.2 Å². The second-order valence-corrected chi connectivity index (χ2v) is 9.43. The molecule has 0 aliphatic rings. The highest BCUT2D eigenvalue weighted by atomic mass is 32.2. The van der Waals surface area contributed by atoms with Crippen LogP contribution in [-0.4, -0.2) is 45.4 Å². The Balaban J connectivity index is 1.72. The van der Waals surface area contributed by atoms with Gasteiger partial charge < -0.3 is 20.4 Å². The Kier molecular flexibility index (Phi) is 7.13. The average Bonchev–Trinajstić information content (AvgIpc) is 3.43. The van der Waals surface area contributed by atoms with Gasteiger partial charge in [-0.25, -0.2) is 4.79 Å². The minimum Gasteiger partial charge on any atom is -0.465 e. The maximum atomic E-state index is 12.5. The standard InChI is InChI=1S/C19H21N5O4S3/c1-5-11-6-10(7-29-11)16-22-23-19(24(16)3)30-8-12(25)21-17-13(18(27)28-4)9(2)14(31-17)15(20)26/h6-7H,5,8H2,1-4H3,(H2,20,26)(H,21,25). The third kappa shape index (κ3) is 4.81. The van der Waals surface area contributed by atoms with Crippen LogP contribution in [0.25, 0.3) is 11.4 Å². The van der Waals surface area contributed by atoms with E-state index in [2.05, 4.69) is 28.5 Å². The van der Waals surface area contributed by atoms with Crippen LogP contribution >= 0.6 is 34.4 Å². The molecule has 3 aromatic rings. The van der Waals surface area contributed by atoms with E-state index in [0.717, 1.165) is 29.1 Å². The molecular formula is C19H21N5O4S3. The van der Waals surface area contributed by atoms with E-state index in [4.69, 9.17) is 10.5 Å². The third-order valence-corrected chi connectivity index (χ3v) is 7.76. The number of carbonyl (C=O) groups is 3. The van der Waals surface area contributed by atoms with Crippen LogP contribution in [0.4, 0.5) is 5.00 Å². The molecule has 0 radical (unpaired) electrons. The molecule has 3 heterocycles. The molecule has 31 heavy (non-hydrogen) atoms. The molecule has 0 saturated heterocycles. The molecule has 3 aromatic heterocycles. The lowest BCUT2D eigenvalue weighted by atomic mass is 10.1. The van der Waals surface area contributed by atoms with Crippen molar-refractivity contribution < 1.29 is 19.1 Å². The van der Waals surface area contributed by atoms with Crippen molar-refractivity contribution in [3.8, 4) is 11.4 Å². The molecule has 0 unspecified atom stereocenters. The fourth-order valence-electron chi connectivity index (χ4n) is 2.85. The number of primary amides is 1. The number of nitrogens with one attached hydrogen (secondary N) is 1. The monoisotopic (exact) mass is 479 g/mol. The average molecular weight is 480 g/mol. The highest BCUT2D eigenvalue weighted by molar-refractivity contribution is 7.99. The molecule has 164 valence electrons. The fourth-order valence-corrected chi connectivity index (χ4v) is 5.44. The Morgan fingerprint density at radius 3 is 2.68 bits per heavy atom. The van der Waals surface area contributed by atoms with Crippen molar-refractivity contribution in [1.29, 1.82) is 0 Å². The highest BCUT2D eigenvalue weighted by Gasteiger charge is 2.25. The lowest BCUT2D eigenvalue weighted by Crippen LogP contribution is -2.16. The first-order chi connectivity index (χ1) is 14.8. The van der Waals surface area contributed by atoms with Crippen molar-refractivity contribution in [3.05, 3.63) is 32.3 Å². The largest absolute Gasteiger partial charge is 0.465 e. The van der Waals surface area contributed by atoms with Gasteiger partial charge in [0.25, 0.3) is 5.91 Å². The summed E-state index contributed by atoms with van der Waals surface area (Å²) in [5, 5.41) is 13.9. The molecule has 0 spiro atoms. The van der Waals surface area contributed by atoms with Gasteiger partial charge in [-0.1, -0.05) is 18.7 Å². The van der Waals surface area contributed by atoms with E-state index in [1.54, 1.807) is 18.3 Å². The minimum atomic E-state index is -0.672. The van der Waals surface area contributed by atoms with Crippen LogP contribution in [0.5, 0.6) is 0 Å². The quantitative estimate of drug-likeness (QED) is 0.375. The number of thiophene rings is 2. The highest BCUT2D eigenvalue weighted by Crippen LogP contribution is 2.34. The zero-order valence-corrected chi connectivity index (χ0v) is 19.8. The lowest BCUT2D eigenvalue weighted by Gasteiger charge is -2.06. The fraction of sp³-hybridized carbons (Fsp3) is 0.316. The number of amides is 2. The first-order valence-corrected chi connectivity index (χ1v) is 11.9. The van der Waals surface area contributed by atoms with Crippen LogP contribution in [0.1, 0.15) is 37.4 Å². The van der Waals surface area contributed by atoms with E-state index in [0.29, 0.717) is 10.7 Å². The normalized spacial score (nSPS) is 10.8. The maximum Gasteiger partial charge on any atom is 0.341 e. The summed E-state index contributed by atoms with van der Waals surface area (Å²) in [5.74, 6) is -0.912. The van der Waals surface area contributed by atoms with Gasteiger partial charge in [0.15, 0.2) is 11.0 Å². The number of rotatable bonds is 8. The number of thioether (sulfide) groups is 1. The van der Waals surface area contributed by atoms with Gasteiger partial charge in [-0.3, -0.25) is 9.59 Å². The first kappa shape index (κ1) is 23.0. The predicted molar refractivity (Wildman–Crippen MR) is 122 cm³/mol. The number of aryl methyl sites for hydroxylation is 1. The number of hydrogen-bond donors (Lipinski definition) is 2. The van der Waals surface area contributed by atoms with Gasteiger partial charge in [0.1, 0.15) is 5.00 Å². The number of nitrogens with zero attached hydrogens (tertiary/aromatic N) is 3. The van der Waals surface area contributed by atoms with Crippen LogP contribution in [-0.2, 0) is 23.0 Å². The van der Waals surface area contributed by atoms with Gasteiger partial charge in [-0.2, -0.15) is 0 Å². The molecule has 12 heteroatoms. The van der Waals surface area contributed by atoms with Crippen molar-refractivity contribution in [3.63, 3.8) is 0 Å². The summed E-state index contributed by atoms with van der Waals surface area (Å²) in [4.78, 5) is 37.7. The number of esters is 1. The molecule has 0 aliphatic heterocycles. The molecule has 0 aliphatic carbocycles. The van der Waals surface area contributed by atoms with Crippen LogP contribution in [0.3, 0.4) is 0 Å². The molecule has 0 aromatic carbocycles. The van der Waals surface area contributed by atoms with Crippen LogP contribution < -0.4 is 11.1 Å². The number of aromatic nitrogens is 3. The third-order valence-electron chi connectivity index (χ3n) is 4.44. The summed E-state index contributed by atoms with van der Waals surface area (Å²) in [6.45, 7) is 3.68. The number of carbonyl (C=O) groups excluding carboxylic acids is 3. The van der Waals surface area contributed by atoms with Crippen molar-refractivity contribution in [1.82, 2.24) is 14.8 Å². The Morgan fingerprint density at radius 1 is 1.32 bits per heavy atom. The van der Waals surface area contributed by atoms with Gasteiger partial charge in [0.2, 0.25) is 5.91 Å². The van der Waals surface area contributed by atoms with Crippen molar-refractivity contribution >= 4 is 57.2 Å². The van der Waals surface area contributed by atoms with Crippen molar-refractivity contribution in [2.45, 2.75) is 25.4 Å². The zero-order chi connectivity index (χ0) is 22.7. The summed E-state index contributed by atoms with van der Waals surface area (Å²) in [7, 11) is 3.07. The van der Waals surface area contributed by atoms with Gasteiger partial charge >= 0.3 is 5.97 Å². The number of ether oxygens (including phenoxy) is 1. The summed E-state index contributed by atoms with van der Waals surface area (Å²) < 4.78 is 6.60. The van der Waals surface area contributed by atoms with E-state index in [1.165, 1.54) is 23.7 Å². The zero-order valence-electron chi connectivity index (χ0n) is 17.3. The molecule has 3 N–H and O–H groups in total. The Bertz CT molecular complexity index is 1150. The Morgan fingerprint density at radius 2 is 2.06 bits per heavy atom. The molecule has 9 nitrogen and oxygen atoms in total. The molecule has 0 bridgehead atoms. The van der Waals surface area contributed by atoms with Gasteiger partial charge in [-0.15, -0.1) is 32.9 Å². The van der Waals surface area contributed by atoms with E-state index in [9.17, 15) is 14.4 Å². The van der Waals surface area contributed by atoms with E-state index in [-0.39, 0.29) is 27.1 Å². The van der Waals surface area contributed by atoms with Gasteiger partial charge in [-0.05, 0) is 25.0 Å². The molecule has 2 amide bonds. The van der Waals surface area contributed by atoms with Gasteiger partial charge in [0.05, 0.1) is 23.3 Å². The summed E-state index contributed by atoms with van der Waals surface area (Å²) in [6.07, 6.45) is 0.956. The summed E-state index contributed by atoms with van der Waals surface area (Å²) >= 11 is 3.84. The second kappa shape index (κ2) is 9.62. The molecular weight excluding hydrogens is 458 g/mol. The molecule has 0 atom stereocenters. The summed E-state index contributed by atoms with van der Waals surface area (Å²) in [5.41, 5.74) is 6.87. The predicted octanol–water partition coefficient (Wildman–Crippen LogP) is 3.09. The topological polar surface area (TPSA) is 129 Å². The minimum absolute atomic E-state index is 0.0410. The maximum absolute atomic E-state index is 12.5.